The van der Waals surface area contributed by atoms with Gasteiger partial charge in [0, 0.05) is 12.2 Å². The molecule has 0 aliphatic heterocycles. The number of rotatable bonds is 6. The maximum Gasteiger partial charge on any atom is 0.413 e. The van der Waals surface area contributed by atoms with Crippen molar-refractivity contribution in [1.29, 1.82) is 0 Å². The molecule has 2 N–H and O–H groups in total. The Bertz CT molecular complexity index is 573. The fourth-order valence-corrected chi connectivity index (χ4v) is 2.29. The van der Waals surface area contributed by atoms with Gasteiger partial charge in [0.25, 0.3) is 0 Å². The molecular weight excluding hydrogens is 326 g/mol. The number of imide groups is 1. The van der Waals surface area contributed by atoms with Crippen molar-refractivity contribution in [1.82, 2.24) is 10.2 Å². The van der Waals surface area contributed by atoms with Crippen molar-refractivity contribution in [2.24, 2.45) is 0 Å². The van der Waals surface area contributed by atoms with Crippen molar-refractivity contribution in [3.63, 3.8) is 0 Å². The molecule has 24 heavy (non-hydrogen) atoms. The quantitative estimate of drug-likeness (QED) is 0.768. The summed E-state index contributed by atoms with van der Waals surface area (Å²) in [5.41, 5.74) is 2.10. The van der Waals surface area contributed by atoms with Gasteiger partial charge in [-0.2, -0.15) is 0 Å². The minimum absolute atomic E-state index is 0.0226. The number of hydrogen-bond donors (Lipinski definition) is 2. The molecule has 0 saturated carbocycles. The number of likely N-dealkylation sites (N-methyl/N-ethyl adjacent to an activating group) is 1. The van der Waals surface area contributed by atoms with Crippen molar-refractivity contribution in [2.75, 3.05) is 25.0 Å². The Morgan fingerprint density at radius 1 is 1.21 bits per heavy atom. The molecule has 0 spiro atoms. The number of alkyl carbamates (subject to hydrolysis) is 1. The van der Waals surface area contributed by atoms with E-state index < -0.39 is 12.0 Å². The van der Waals surface area contributed by atoms with Gasteiger partial charge in [-0.15, -0.1) is 0 Å². The van der Waals surface area contributed by atoms with Crippen molar-refractivity contribution in [3.8, 4) is 0 Å². The summed E-state index contributed by atoms with van der Waals surface area (Å²) in [6.07, 6.45) is -0.748. The van der Waals surface area contributed by atoms with E-state index in [1.54, 1.807) is 11.8 Å². The fraction of sp³-hybridized carbons (Fsp3) is 0.471. The first-order valence-corrected chi connectivity index (χ1v) is 8.40. The van der Waals surface area contributed by atoms with Crippen LogP contribution in [0.25, 0.3) is 0 Å². The van der Waals surface area contributed by atoms with Crippen LogP contribution in [0.4, 0.5) is 10.5 Å². The molecule has 0 unspecified atom stereocenters. The van der Waals surface area contributed by atoms with Crippen LogP contribution in [0, 0.1) is 0 Å². The zero-order valence-corrected chi connectivity index (χ0v) is 15.4. The average molecular weight is 351 g/mol. The van der Waals surface area contributed by atoms with E-state index in [-0.39, 0.29) is 13.2 Å². The Morgan fingerprint density at radius 2 is 1.83 bits per heavy atom. The zero-order valence-electron chi connectivity index (χ0n) is 14.6. The van der Waals surface area contributed by atoms with E-state index in [0.29, 0.717) is 17.6 Å². The predicted molar refractivity (Wildman–Crippen MR) is 99.2 cm³/mol. The molecule has 6 nitrogen and oxygen atoms in total. The molecule has 1 rings (SSSR count). The van der Waals surface area contributed by atoms with Crippen molar-refractivity contribution >= 4 is 35.0 Å². The lowest BCUT2D eigenvalue weighted by Crippen LogP contribution is -2.44. The predicted octanol–water partition coefficient (Wildman–Crippen LogP) is 3.10. The molecule has 0 heterocycles. The van der Waals surface area contributed by atoms with Gasteiger partial charge >= 0.3 is 6.09 Å². The second kappa shape index (κ2) is 9.87. The van der Waals surface area contributed by atoms with E-state index in [9.17, 15) is 9.59 Å². The molecule has 7 heteroatoms. The highest BCUT2D eigenvalue weighted by molar-refractivity contribution is 7.80. The van der Waals surface area contributed by atoms with Crippen LogP contribution in [0.15, 0.2) is 24.3 Å². The minimum Gasteiger partial charge on any atom is -0.450 e. The van der Waals surface area contributed by atoms with E-state index in [2.05, 4.69) is 29.2 Å². The number of carbonyl (C=O) groups is 2. The number of amides is 2. The second-order valence-corrected chi connectivity index (χ2v) is 5.88. The van der Waals surface area contributed by atoms with Crippen LogP contribution in [0.1, 0.15) is 39.2 Å². The molecular formula is C17H25N3O3S. The van der Waals surface area contributed by atoms with Crippen molar-refractivity contribution in [3.05, 3.63) is 29.8 Å². The first kappa shape index (κ1) is 19.9. The molecule has 2 amide bonds. The molecule has 132 valence electrons. The topological polar surface area (TPSA) is 70.7 Å². The Balaban J connectivity index is 2.59. The Kier molecular flexibility index (Phi) is 8.18. The van der Waals surface area contributed by atoms with Gasteiger partial charge in [-0.3, -0.25) is 10.1 Å². The normalized spacial score (nSPS) is 10.2. The van der Waals surface area contributed by atoms with Crippen LogP contribution < -0.4 is 10.6 Å². The van der Waals surface area contributed by atoms with E-state index in [0.717, 1.165) is 5.69 Å². The first-order chi connectivity index (χ1) is 11.4. The van der Waals surface area contributed by atoms with Gasteiger partial charge in [0.05, 0.1) is 13.2 Å². The van der Waals surface area contributed by atoms with E-state index in [4.69, 9.17) is 12.2 Å². The lowest BCUT2D eigenvalue weighted by Gasteiger charge is -2.23. The average Bonchev–Trinajstić information content (AvgIpc) is 2.53. The third-order valence-corrected chi connectivity index (χ3v) is 3.71. The van der Waals surface area contributed by atoms with Gasteiger partial charge in [-0.25, -0.2) is 4.79 Å². The van der Waals surface area contributed by atoms with E-state index in [1.165, 1.54) is 5.56 Å². The standard InChI is InChI=1S/C17H25N3O3S/c1-5-20(11-15(21)19-17(22)23-6-2)16(24)18-14-9-7-13(8-10-14)12(3)4/h7-10,12H,5-6,11H2,1-4H3,(H,18,24)(H,19,21,22). The Labute approximate surface area is 148 Å². The number of ether oxygens (including phenoxy) is 1. The fourth-order valence-electron chi connectivity index (χ4n) is 1.97. The highest BCUT2D eigenvalue weighted by Crippen LogP contribution is 2.17. The SMILES string of the molecule is CCOC(=O)NC(=O)CN(CC)C(=S)Nc1ccc(C(C)C)cc1. The number of hydrogen-bond acceptors (Lipinski definition) is 4. The van der Waals surface area contributed by atoms with Gasteiger partial charge in [0.2, 0.25) is 5.91 Å². The van der Waals surface area contributed by atoms with Crippen molar-refractivity contribution < 1.29 is 14.3 Å². The third-order valence-electron chi connectivity index (χ3n) is 3.35. The molecule has 0 fully saturated rings. The molecule has 1 aromatic carbocycles. The molecule has 0 radical (unpaired) electrons. The molecule has 0 atom stereocenters. The lowest BCUT2D eigenvalue weighted by atomic mass is 10.0. The molecule has 0 aliphatic rings. The van der Waals surface area contributed by atoms with E-state index >= 15 is 0 Å². The van der Waals surface area contributed by atoms with Crippen LogP contribution in [0.5, 0.6) is 0 Å². The van der Waals surface area contributed by atoms with Crippen LogP contribution >= 0.6 is 12.2 Å². The maximum atomic E-state index is 11.8. The first-order valence-electron chi connectivity index (χ1n) is 7.99. The van der Waals surface area contributed by atoms with Crippen LogP contribution in [-0.2, 0) is 9.53 Å². The smallest absolute Gasteiger partial charge is 0.413 e. The summed E-state index contributed by atoms with van der Waals surface area (Å²) in [5.74, 6) is -0.000630. The molecule has 0 aliphatic carbocycles. The summed E-state index contributed by atoms with van der Waals surface area (Å²) < 4.78 is 4.68. The summed E-state index contributed by atoms with van der Waals surface area (Å²) in [5, 5.41) is 5.68. The number of thiocarbonyl (C=S) groups is 1. The van der Waals surface area contributed by atoms with Crippen molar-refractivity contribution in [2.45, 2.75) is 33.6 Å². The van der Waals surface area contributed by atoms with Gasteiger partial charge in [0.15, 0.2) is 5.11 Å². The highest BCUT2D eigenvalue weighted by atomic mass is 32.1. The second-order valence-electron chi connectivity index (χ2n) is 5.49. The monoisotopic (exact) mass is 351 g/mol. The highest BCUT2D eigenvalue weighted by Gasteiger charge is 2.15. The van der Waals surface area contributed by atoms with Crippen LogP contribution in [-0.4, -0.2) is 41.7 Å². The summed E-state index contributed by atoms with van der Waals surface area (Å²) in [6.45, 7) is 8.54. The number of benzene rings is 1. The van der Waals surface area contributed by atoms with Gasteiger partial charge < -0.3 is 15.0 Å². The van der Waals surface area contributed by atoms with Gasteiger partial charge in [-0.05, 0) is 49.7 Å². The van der Waals surface area contributed by atoms with Gasteiger partial charge in [-0.1, -0.05) is 26.0 Å². The van der Waals surface area contributed by atoms with E-state index in [1.807, 2.05) is 31.2 Å². The zero-order chi connectivity index (χ0) is 18.1. The number of nitrogens with one attached hydrogen (secondary N) is 2. The van der Waals surface area contributed by atoms with Crippen LogP contribution in [0.2, 0.25) is 0 Å². The summed E-state index contributed by atoms with van der Waals surface area (Å²) in [4.78, 5) is 24.7. The molecule has 0 bridgehead atoms. The third kappa shape index (κ3) is 6.54. The number of nitrogens with zero attached hydrogens (tertiary/aromatic N) is 1. The number of anilines is 1. The Hall–Kier alpha value is -2.15. The molecule has 1 aromatic rings. The lowest BCUT2D eigenvalue weighted by molar-refractivity contribution is -0.120. The summed E-state index contributed by atoms with van der Waals surface area (Å²) >= 11 is 5.34. The Morgan fingerprint density at radius 3 is 2.33 bits per heavy atom. The number of carbonyl (C=O) groups excluding carboxylic acids is 2. The van der Waals surface area contributed by atoms with Crippen LogP contribution in [0.3, 0.4) is 0 Å². The van der Waals surface area contributed by atoms with Gasteiger partial charge in [0.1, 0.15) is 0 Å². The molecule has 0 aromatic heterocycles. The maximum absolute atomic E-state index is 11.8. The summed E-state index contributed by atoms with van der Waals surface area (Å²) in [7, 11) is 0. The minimum atomic E-state index is -0.748. The molecule has 0 saturated heterocycles. The summed E-state index contributed by atoms with van der Waals surface area (Å²) in [6, 6.07) is 7.99. The largest absolute Gasteiger partial charge is 0.450 e.